The lowest BCUT2D eigenvalue weighted by Crippen LogP contribution is -2.47. The highest BCUT2D eigenvalue weighted by molar-refractivity contribution is 5.94. The van der Waals surface area contributed by atoms with Crippen molar-refractivity contribution in [3.05, 3.63) is 77.0 Å². The monoisotopic (exact) mass is 470 g/mol. The third-order valence-electron chi connectivity index (χ3n) is 7.13. The van der Waals surface area contributed by atoms with Crippen LogP contribution in [-0.2, 0) is 13.0 Å². The molecule has 0 atom stereocenters. The number of hydrogen-bond donors (Lipinski definition) is 0. The molecule has 2 aliphatic heterocycles. The summed E-state index contributed by atoms with van der Waals surface area (Å²) < 4.78 is 0. The smallest absolute Gasteiger partial charge is 0.254 e. The Kier molecular flexibility index (Phi) is 6.57. The van der Waals surface area contributed by atoms with Crippen LogP contribution in [-0.4, -0.2) is 67.1 Å². The summed E-state index contributed by atoms with van der Waals surface area (Å²) in [5, 5.41) is 0. The summed E-state index contributed by atoms with van der Waals surface area (Å²) in [6.45, 7) is 9.99. The normalized spacial score (nSPS) is 15.7. The number of anilines is 3. The first kappa shape index (κ1) is 23.1. The molecule has 0 unspecified atom stereocenters. The number of aryl methyl sites for hydroxylation is 1. The van der Waals surface area contributed by atoms with Gasteiger partial charge in [-0.1, -0.05) is 35.9 Å². The Balaban J connectivity index is 1.36. The lowest BCUT2D eigenvalue weighted by atomic mass is 10.0. The number of carbonyl (C=O) groups is 1. The van der Waals surface area contributed by atoms with E-state index in [0.29, 0.717) is 13.1 Å². The van der Waals surface area contributed by atoms with Crippen molar-refractivity contribution in [3.8, 4) is 0 Å². The van der Waals surface area contributed by atoms with Gasteiger partial charge in [-0.3, -0.25) is 4.79 Å². The van der Waals surface area contributed by atoms with Crippen LogP contribution in [0.1, 0.15) is 34.1 Å². The van der Waals surface area contributed by atoms with Crippen molar-refractivity contribution < 1.29 is 4.79 Å². The zero-order valence-electron chi connectivity index (χ0n) is 20.9. The maximum atomic E-state index is 13.1. The molecule has 182 valence electrons. The molecule has 0 radical (unpaired) electrons. The fraction of sp³-hybridized carbons (Fsp3) is 0.393. The van der Waals surface area contributed by atoms with Gasteiger partial charge in [0.25, 0.3) is 5.91 Å². The Morgan fingerprint density at radius 1 is 0.914 bits per heavy atom. The molecule has 7 heteroatoms. The molecule has 3 heterocycles. The molecule has 1 saturated heterocycles. The first-order valence-electron chi connectivity index (χ1n) is 12.6. The van der Waals surface area contributed by atoms with E-state index < -0.39 is 0 Å². The summed E-state index contributed by atoms with van der Waals surface area (Å²) in [7, 11) is 2.07. The van der Waals surface area contributed by atoms with Gasteiger partial charge in [-0.05, 0) is 38.1 Å². The van der Waals surface area contributed by atoms with Crippen LogP contribution in [0.2, 0.25) is 0 Å². The highest BCUT2D eigenvalue weighted by Crippen LogP contribution is 2.30. The zero-order valence-corrected chi connectivity index (χ0v) is 20.9. The van der Waals surface area contributed by atoms with Crippen molar-refractivity contribution in [1.82, 2.24) is 14.9 Å². The zero-order chi connectivity index (χ0) is 24.4. The van der Waals surface area contributed by atoms with Crippen molar-refractivity contribution in [2.24, 2.45) is 0 Å². The molecule has 7 nitrogen and oxygen atoms in total. The molecule has 1 aromatic heterocycles. The summed E-state index contributed by atoms with van der Waals surface area (Å²) >= 11 is 0. The number of aromatic nitrogens is 2. The van der Waals surface area contributed by atoms with E-state index in [2.05, 4.69) is 59.9 Å². The van der Waals surface area contributed by atoms with Crippen molar-refractivity contribution in [2.45, 2.75) is 26.8 Å². The minimum absolute atomic E-state index is 0.0673. The maximum absolute atomic E-state index is 13.1. The fourth-order valence-electron chi connectivity index (χ4n) is 4.85. The van der Waals surface area contributed by atoms with E-state index in [-0.39, 0.29) is 5.91 Å². The van der Waals surface area contributed by atoms with Gasteiger partial charge in [-0.25, -0.2) is 4.98 Å². The molecule has 0 aliphatic carbocycles. The number of piperazine rings is 1. The second kappa shape index (κ2) is 9.94. The molecular weight excluding hydrogens is 436 g/mol. The summed E-state index contributed by atoms with van der Waals surface area (Å²) in [5.41, 5.74) is 5.43. The SMILES string of the molecule is CCN(C)c1nc(N2CCN(c3ccc(C)cc3)CC2)nc2c1CN(C(=O)c1ccccc1)CC2. The van der Waals surface area contributed by atoms with E-state index in [0.717, 1.165) is 67.7 Å². The van der Waals surface area contributed by atoms with Crippen LogP contribution in [0.15, 0.2) is 54.6 Å². The van der Waals surface area contributed by atoms with Crippen LogP contribution in [0, 0.1) is 6.92 Å². The fourth-order valence-corrected chi connectivity index (χ4v) is 4.85. The Labute approximate surface area is 208 Å². The number of hydrogen-bond acceptors (Lipinski definition) is 6. The van der Waals surface area contributed by atoms with Crippen molar-refractivity contribution in [2.75, 3.05) is 61.0 Å². The van der Waals surface area contributed by atoms with E-state index in [1.54, 1.807) is 0 Å². The van der Waals surface area contributed by atoms with Gasteiger partial charge in [-0.15, -0.1) is 0 Å². The van der Waals surface area contributed by atoms with Gasteiger partial charge in [-0.2, -0.15) is 4.98 Å². The molecule has 0 N–H and O–H groups in total. The van der Waals surface area contributed by atoms with E-state index in [1.807, 2.05) is 35.2 Å². The standard InChI is InChI=1S/C28H34N6O/c1-4-31(3)26-24-20-34(27(35)22-8-6-5-7-9-22)15-14-25(24)29-28(30-26)33-18-16-32(17-19-33)23-12-10-21(2)11-13-23/h5-13H,4,14-20H2,1-3H3. The van der Waals surface area contributed by atoms with E-state index in [4.69, 9.17) is 9.97 Å². The minimum atomic E-state index is 0.0673. The maximum Gasteiger partial charge on any atom is 0.254 e. The van der Waals surface area contributed by atoms with Crippen molar-refractivity contribution in [1.29, 1.82) is 0 Å². The van der Waals surface area contributed by atoms with Crippen LogP contribution in [0.25, 0.3) is 0 Å². The van der Waals surface area contributed by atoms with Crippen molar-refractivity contribution >= 4 is 23.4 Å². The molecule has 0 spiro atoms. The van der Waals surface area contributed by atoms with Gasteiger partial charge in [0.2, 0.25) is 5.95 Å². The predicted octanol–water partition coefficient (Wildman–Crippen LogP) is 3.77. The molecule has 0 saturated carbocycles. The van der Waals surface area contributed by atoms with Gasteiger partial charge in [0, 0.05) is 69.6 Å². The number of benzene rings is 2. The Bertz CT molecular complexity index is 1170. The average Bonchev–Trinajstić information content (AvgIpc) is 2.92. The highest BCUT2D eigenvalue weighted by atomic mass is 16.2. The number of fused-ring (bicyclic) bond motifs is 1. The van der Waals surface area contributed by atoms with Crippen LogP contribution >= 0.6 is 0 Å². The molecular formula is C28H34N6O. The number of nitrogens with zero attached hydrogens (tertiary/aromatic N) is 6. The first-order valence-corrected chi connectivity index (χ1v) is 12.6. The number of rotatable bonds is 5. The molecule has 3 aromatic rings. The Morgan fingerprint density at radius 3 is 2.29 bits per heavy atom. The van der Waals surface area contributed by atoms with Gasteiger partial charge in [0.05, 0.1) is 12.2 Å². The average molecular weight is 471 g/mol. The van der Waals surface area contributed by atoms with Crippen LogP contribution in [0.5, 0.6) is 0 Å². The van der Waals surface area contributed by atoms with Gasteiger partial charge >= 0.3 is 0 Å². The third kappa shape index (κ3) is 4.81. The third-order valence-corrected chi connectivity index (χ3v) is 7.13. The van der Waals surface area contributed by atoms with Gasteiger partial charge in [0.15, 0.2) is 0 Å². The predicted molar refractivity (Wildman–Crippen MR) is 141 cm³/mol. The molecule has 1 fully saturated rings. The largest absolute Gasteiger partial charge is 0.368 e. The quantitative estimate of drug-likeness (QED) is 0.566. The van der Waals surface area contributed by atoms with Gasteiger partial charge in [0.1, 0.15) is 5.82 Å². The van der Waals surface area contributed by atoms with Gasteiger partial charge < -0.3 is 19.6 Å². The second-order valence-electron chi connectivity index (χ2n) is 9.44. The topological polar surface area (TPSA) is 55.8 Å². The summed E-state index contributed by atoms with van der Waals surface area (Å²) in [5.74, 6) is 1.82. The summed E-state index contributed by atoms with van der Waals surface area (Å²) in [6, 6.07) is 18.3. The van der Waals surface area contributed by atoms with E-state index in [1.165, 1.54) is 11.3 Å². The van der Waals surface area contributed by atoms with Crippen LogP contribution in [0.3, 0.4) is 0 Å². The number of carbonyl (C=O) groups excluding carboxylic acids is 1. The molecule has 2 aromatic carbocycles. The van der Waals surface area contributed by atoms with E-state index in [9.17, 15) is 4.79 Å². The minimum Gasteiger partial charge on any atom is -0.368 e. The van der Waals surface area contributed by atoms with Crippen LogP contribution in [0.4, 0.5) is 17.5 Å². The Morgan fingerprint density at radius 2 is 1.60 bits per heavy atom. The van der Waals surface area contributed by atoms with Crippen LogP contribution < -0.4 is 14.7 Å². The van der Waals surface area contributed by atoms with E-state index >= 15 is 0 Å². The lowest BCUT2D eigenvalue weighted by molar-refractivity contribution is 0.0733. The highest BCUT2D eigenvalue weighted by Gasteiger charge is 2.29. The molecule has 35 heavy (non-hydrogen) atoms. The molecule has 5 rings (SSSR count). The molecule has 0 bridgehead atoms. The molecule has 2 aliphatic rings. The lowest BCUT2D eigenvalue weighted by Gasteiger charge is -2.37. The number of amides is 1. The summed E-state index contributed by atoms with van der Waals surface area (Å²) in [6.07, 6.45) is 0.747. The molecule has 1 amide bonds. The van der Waals surface area contributed by atoms with Crippen molar-refractivity contribution in [3.63, 3.8) is 0 Å². The second-order valence-corrected chi connectivity index (χ2v) is 9.44. The Hall–Kier alpha value is -3.61. The first-order chi connectivity index (χ1) is 17.0. The summed E-state index contributed by atoms with van der Waals surface area (Å²) in [4.78, 5) is 32.0.